The Morgan fingerprint density at radius 3 is 2.70 bits per heavy atom. The molecule has 2 rings (SSSR count). The highest BCUT2D eigenvalue weighted by atomic mass is 79.9. The van der Waals surface area contributed by atoms with Crippen LogP contribution >= 0.6 is 15.9 Å². The zero-order valence-electron chi connectivity index (χ0n) is 11.8. The van der Waals surface area contributed by atoms with Crippen LogP contribution in [0.15, 0.2) is 21.5 Å². The van der Waals surface area contributed by atoms with Crippen LogP contribution in [-0.4, -0.2) is 30.4 Å². The monoisotopic (exact) mass is 361 g/mol. The molecule has 1 atom stereocenters. The summed E-state index contributed by atoms with van der Waals surface area (Å²) in [5, 5.41) is 9.28. The summed E-state index contributed by atoms with van der Waals surface area (Å²) in [4.78, 5) is 0.296. The molecule has 0 aromatic heterocycles. The van der Waals surface area contributed by atoms with Crippen molar-refractivity contribution in [2.24, 2.45) is 0 Å². The van der Waals surface area contributed by atoms with Crippen LogP contribution in [0, 0.1) is 6.92 Å². The Morgan fingerprint density at radius 2 is 2.10 bits per heavy atom. The number of nitrogens with zero attached hydrogens (tertiary/aromatic N) is 1. The molecule has 1 aliphatic rings. The number of halogens is 1. The summed E-state index contributed by atoms with van der Waals surface area (Å²) < 4.78 is 28.0. The standard InChI is InChI=1S/C14H20BrNO3S/c1-10-5-3-4-6-16(10)20(18,19)14-8-12(9-17)7-13(15)11(14)2/h7-8,10,17H,3-6,9H2,1-2H3. The van der Waals surface area contributed by atoms with Gasteiger partial charge in [0.25, 0.3) is 0 Å². The molecule has 1 fully saturated rings. The minimum Gasteiger partial charge on any atom is -0.392 e. The first-order valence-electron chi connectivity index (χ1n) is 6.79. The highest BCUT2D eigenvalue weighted by Gasteiger charge is 2.32. The van der Waals surface area contributed by atoms with E-state index < -0.39 is 10.0 Å². The molecule has 0 amide bonds. The Hall–Kier alpha value is -0.430. The van der Waals surface area contributed by atoms with E-state index in [0.29, 0.717) is 27.0 Å². The number of benzene rings is 1. The summed E-state index contributed by atoms with van der Waals surface area (Å²) in [6.07, 6.45) is 2.88. The molecule has 0 bridgehead atoms. The molecule has 1 saturated heterocycles. The van der Waals surface area contributed by atoms with Gasteiger partial charge in [-0.05, 0) is 49.9 Å². The summed E-state index contributed by atoms with van der Waals surface area (Å²) in [5.41, 5.74) is 1.30. The van der Waals surface area contributed by atoms with Gasteiger partial charge in [0.05, 0.1) is 11.5 Å². The average Bonchev–Trinajstić information content (AvgIpc) is 2.41. The van der Waals surface area contributed by atoms with Crippen molar-refractivity contribution in [3.8, 4) is 0 Å². The van der Waals surface area contributed by atoms with E-state index in [0.717, 1.165) is 19.3 Å². The fraction of sp³-hybridized carbons (Fsp3) is 0.571. The molecule has 20 heavy (non-hydrogen) atoms. The van der Waals surface area contributed by atoms with E-state index in [1.165, 1.54) is 0 Å². The molecule has 1 unspecified atom stereocenters. The zero-order chi connectivity index (χ0) is 14.9. The van der Waals surface area contributed by atoms with Gasteiger partial charge in [-0.15, -0.1) is 0 Å². The molecule has 0 saturated carbocycles. The van der Waals surface area contributed by atoms with Crippen molar-refractivity contribution in [1.82, 2.24) is 4.31 Å². The molecule has 0 aliphatic carbocycles. The maximum Gasteiger partial charge on any atom is 0.243 e. The van der Waals surface area contributed by atoms with Gasteiger partial charge < -0.3 is 5.11 Å². The summed E-state index contributed by atoms with van der Waals surface area (Å²) in [7, 11) is -3.50. The molecule has 1 N–H and O–H groups in total. The topological polar surface area (TPSA) is 57.6 Å². The first-order chi connectivity index (χ1) is 9.37. The number of rotatable bonds is 3. The Morgan fingerprint density at radius 1 is 1.40 bits per heavy atom. The van der Waals surface area contributed by atoms with Crippen molar-refractivity contribution < 1.29 is 13.5 Å². The number of hydrogen-bond acceptors (Lipinski definition) is 3. The van der Waals surface area contributed by atoms with Crippen molar-refractivity contribution in [3.63, 3.8) is 0 Å². The first kappa shape index (κ1) is 15.9. The number of aliphatic hydroxyl groups is 1. The molecule has 1 heterocycles. The molecule has 0 radical (unpaired) electrons. The molecular formula is C14H20BrNO3S. The molecule has 112 valence electrons. The van der Waals surface area contributed by atoms with Gasteiger partial charge in [-0.1, -0.05) is 22.4 Å². The van der Waals surface area contributed by atoms with Gasteiger partial charge in [0, 0.05) is 17.1 Å². The Bertz CT molecular complexity index is 601. The normalized spacial score (nSPS) is 21.1. The number of hydrogen-bond donors (Lipinski definition) is 1. The van der Waals surface area contributed by atoms with Crippen LogP contribution in [0.5, 0.6) is 0 Å². The maximum atomic E-state index is 12.9. The van der Waals surface area contributed by atoms with E-state index in [1.54, 1.807) is 23.4 Å². The van der Waals surface area contributed by atoms with E-state index in [-0.39, 0.29) is 12.6 Å². The van der Waals surface area contributed by atoms with Gasteiger partial charge in [-0.2, -0.15) is 4.31 Å². The average molecular weight is 362 g/mol. The molecule has 6 heteroatoms. The van der Waals surface area contributed by atoms with Gasteiger partial charge in [-0.25, -0.2) is 8.42 Å². The Labute approximate surface area is 129 Å². The number of piperidine rings is 1. The Kier molecular flexibility index (Phi) is 4.89. The van der Waals surface area contributed by atoms with E-state index in [1.807, 2.05) is 6.92 Å². The van der Waals surface area contributed by atoms with Crippen LogP contribution in [0.3, 0.4) is 0 Å². The van der Waals surface area contributed by atoms with Gasteiger partial charge in [0.15, 0.2) is 0 Å². The third-order valence-electron chi connectivity index (χ3n) is 3.87. The fourth-order valence-electron chi connectivity index (χ4n) is 2.62. The fourth-order valence-corrected chi connectivity index (χ4v) is 5.26. The van der Waals surface area contributed by atoms with Gasteiger partial charge in [0.2, 0.25) is 10.0 Å². The minimum absolute atomic E-state index is 0.0321. The number of aliphatic hydroxyl groups excluding tert-OH is 1. The molecule has 0 spiro atoms. The molecule has 1 aromatic rings. The van der Waals surface area contributed by atoms with Crippen LogP contribution in [0.2, 0.25) is 0 Å². The van der Waals surface area contributed by atoms with E-state index >= 15 is 0 Å². The SMILES string of the molecule is Cc1c(Br)cc(CO)cc1S(=O)(=O)N1CCCCC1C. The summed E-state index contributed by atoms with van der Waals surface area (Å²) >= 11 is 3.38. The van der Waals surface area contributed by atoms with Crippen molar-refractivity contribution in [2.45, 2.75) is 50.7 Å². The van der Waals surface area contributed by atoms with Crippen LogP contribution in [0.1, 0.15) is 37.3 Å². The van der Waals surface area contributed by atoms with Crippen molar-refractivity contribution in [1.29, 1.82) is 0 Å². The highest BCUT2D eigenvalue weighted by molar-refractivity contribution is 9.10. The zero-order valence-corrected chi connectivity index (χ0v) is 14.2. The molecule has 4 nitrogen and oxygen atoms in total. The predicted molar refractivity (Wildman–Crippen MR) is 82.0 cm³/mol. The van der Waals surface area contributed by atoms with E-state index in [9.17, 15) is 13.5 Å². The lowest BCUT2D eigenvalue weighted by atomic mass is 10.1. The Balaban J connectivity index is 2.51. The lowest BCUT2D eigenvalue weighted by Gasteiger charge is -2.32. The van der Waals surface area contributed by atoms with E-state index in [2.05, 4.69) is 15.9 Å². The largest absolute Gasteiger partial charge is 0.392 e. The second-order valence-corrected chi connectivity index (χ2v) is 8.03. The molecule has 1 aliphatic heterocycles. The minimum atomic E-state index is -3.50. The predicted octanol–water partition coefficient (Wildman–Crippen LogP) is 2.81. The number of sulfonamides is 1. The van der Waals surface area contributed by atoms with Gasteiger partial charge in [0.1, 0.15) is 0 Å². The third kappa shape index (κ3) is 2.93. The van der Waals surface area contributed by atoms with Crippen LogP contribution in [0.25, 0.3) is 0 Å². The van der Waals surface area contributed by atoms with Crippen LogP contribution in [-0.2, 0) is 16.6 Å². The summed E-state index contributed by atoms with van der Waals surface area (Å²) in [6, 6.07) is 3.37. The summed E-state index contributed by atoms with van der Waals surface area (Å²) in [6.45, 7) is 4.14. The first-order valence-corrected chi connectivity index (χ1v) is 9.03. The smallest absolute Gasteiger partial charge is 0.243 e. The molecule has 1 aromatic carbocycles. The molecular weight excluding hydrogens is 342 g/mol. The van der Waals surface area contributed by atoms with E-state index in [4.69, 9.17) is 0 Å². The second kappa shape index (κ2) is 6.13. The van der Waals surface area contributed by atoms with Crippen LogP contribution in [0.4, 0.5) is 0 Å². The van der Waals surface area contributed by atoms with Crippen molar-refractivity contribution >= 4 is 26.0 Å². The third-order valence-corrected chi connectivity index (χ3v) is 6.83. The quantitative estimate of drug-likeness (QED) is 0.900. The van der Waals surface area contributed by atoms with Crippen molar-refractivity contribution in [3.05, 3.63) is 27.7 Å². The second-order valence-electron chi connectivity index (χ2n) is 5.32. The lowest BCUT2D eigenvalue weighted by Crippen LogP contribution is -2.42. The maximum absolute atomic E-state index is 12.9. The summed E-state index contributed by atoms with van der Waals surface area (Å²) in [5.74, 6) is 0. The lowest BCUT2D eigenvalue weighted by molar-refractivity contribution is 0.268. The van der Waals surface area contributed by atoms with Gasteiger partial charge in [-0.3, -0.25) is 0 Å². The highest BCUT2D eigenvalue weighted by Crippen LogP contribution is 2.31. The van der Waals surface area contributed by atoms with Crippen molar-refractivity contribution in [2.75, 3.05) is 6.54 Å². The van der Waals surface area contributed by atoms with Crippen LogP contribution < -0.4 is 0 Å². The van der Waals surface area contributed by atoms with Gasteiger partial charge >= 0.3 is 0 Å².